The lowest BCUT2D eigenvalue weighted by atomic mass is 10.5. The van der Waals surface area contributed by atoms with Crippen molar-refractivity contribution in [3.05, 3.63) is 22.4 Å². The molecule has 0 aliphatic rings. The fourth-order valence-electron chi connectivity index (χ4n) is 0.696. The molecule has 0 saturated heterocycles. The zero-order chi connectivity index (χ0) is 9.03. The highest BCUT2D eigenvalue weighted by atomic mass is 32.2. The predicted molar refractivity (Wildman–Crippen MR) is 50.6 cm³/mol. The molecule has 0 saturated carbocycles. The van der Waals surface area contributed by atoms with E-state index in [2.05, 4.69) is 4.72 Å². The number of nitrogens with one attached hydrogen (secondary N) is 1. The zero-order valence-corrected chi connectivity index (χ0v) is 8.41. The van der Waals surface area contributed by atoms with Gasteiger partial charge in [0.1, 0.15) is 0 Å². The first-order valence-corrected chi connectivity index (χ1v) is 6.17. The van der Waals surface area contributed by atoms with Crippen molar-refractivity contribution >= 4 is 21.4 Å². The molecule has 0 atom stereocenters. The van der Waals surface area contributed by atoms with Gasteiger partial charge < -0.3 is 0 Å². The molecule has 1 rings (SSSR count). The minimum atomic E-state index is -3.04. The van der Waals surface area contributed by atoms with Crippen molar-refractivity contribution < 1.29 is 8.42 Å². The molecule has 0 aliphatic carbocycles. The molecule has 1 aromatic rings. The molecule has 1 aromatic heterocycles. The molecular formula is C7H11NO2S2. The number of hydrogen-bond donors (Lipinski definition) is 1. The molecule has 0 unspecified atom stereocenters. The zero-order valence-electron chi connectivity index (χ0n) is 6.78. The van der Waals surface area contributed by atoms with Crippen LogP contribution in [0.2, 0.25) is 0 Å². The van der Waals surface area contributed by atoms with E-state index >= 15 is 0 Å². The van der Waals surface area contributed by atoms with E-state index in [1.165, 1.54) is 0 Å². The summed E-state index contributed by atoms with van der Waals surface area (Å²) >= 11 is 1.55. The molecule has 0 spiro atoms. The van der Waals surface area contributed by atoms with E-state index in [0.717, 1.165) is 4.88 Å². The van der Waals surface area contributed by atoms with Crippen LogP contribution in [0.4, 0.5) is 0 Å². The molecule has 0 aromatic carbocycles. The Hall–Kier alpha value is -0.390. The lowest BCUT2D eigenvalue weighted by molar-refractivity contribution is 0.583. The normalized spacial score (nSPS) is 11.8. The maximum absolute atomic E-state index is 11.0. The summed E-state index contributed by atoms with van der Waals surface area (Å²) in [6.45, 7) is 2.03. The first-order valence-electron chi connectivity index (χ1n) is 3.64. The Bertz CT molecular complexity index is 315. The SMILES string of the molecule is CCS(=O)(=O)NCc1cccs1. The fourth-order valence-corrected chi connectivity index (χ4v) is 2.01. The summed E-state index contributed by atoms with van der Waals surface area (Å²) in [5.74, 6) is 0.137. The van der Waals surface area contributed by atoms with Crippen molar-refractivity contribution in [2.45, 2.75) is 13.5 Å². The first-order chi connectivity index (χ1) is 5.64. The molecule has 3 nitrogen and oxygen atoms in total. The number of sulfonamides is 1. The summed E-state index contributed by atoms with van der Waals surface area (Å²) in [5.41, 5.74) is 0. The van der Waals surface area contributed by atoms with Gasteiger partial charge in [-0.3, -0.25) is 0 Å². The van der Waals surface area contributed by atoms with E-state index in [1.54, 1.807) is 18.3 Å². The van der Waals surface area contributed by atoms with Crippen LogP contribution < -0.4 is 4.72 Å². The van der Waals surface area contributed by atoms with Gasteiger partial charge in [-0.05, 0) is 18.4 Å². The Labute approximate surface area is 76.5 Å². The van der Waals surface area contributed by atoms with E-state index in [0.29, 0.717) is 6.54 Å². The van der Waals surface area contributed by atoms with E-state index < -0.39 is 10.0 Å². The molecule has 0 fully saturated rings. The molecule has 0 radical (unpaired) electrons. The molecule has 68 valence electrons. The van der Waals surface area contributed by atoms with Gasteiger partial charge in [-0.25, -0.2) is 13.1 Å². The van der Waals surface area contributed by atoms with Crippen LogP contribution in [0.5, 0.6) is 0 Å². The summed E-state index contributed by atoms with van der Waals surface area (Å²) in [7, 11) is -3.04. The second-order valence-corrected chi connectivity index (χ2v) is 5.43. The topological polar surface area (TPSA) is 46.2 Å². The summed E-state index contributed by atoms with van der Waals surface area (Å²) in [4.78, 5) is 1.03. The van der Waals surface area contributed by atoms with Gasteiger partial charge in [-0.15, -0.1) is 11.3 Å². The maximum atomic E-state index is 11.0. The monoisotopic (exact) mass is 205 g/mol. The lowest BCUT2D eigenvalue weighted by Gasteiger charge is -2.00. The predicted octanol–water partition coefficient (Wildman–Crippen LogP) is 1.19. The summed E-state index contributed by atoms with van der Waals surface area (Å²) < 4.78 is 24.5. The second kappa shape index (κ2) is 4.02. The van der Waals surface area contributed by atoms with Crippen molar-refractivity contribution in [1.82, 2.24) is 4.72 Å². The van der Waals surface area contributed by atoms with Crippen molar-refractivity contribution in [3.8, 4) is 0 Å². The summed E-state index contributed by atoms with van der Waals surface area (Å²) in [6, 6.07) is 3.81. The fraction of sp³-hybridized carbons (Fsp3) is 0.429. The third kappa shape index (κ3) is 2.92. The molecular weight excluding hydrogens is 194 g/mol. The Morgan fingerprint density at radius 2 is 2.33 bits per heavy atom. The van der Waals surface area contributed by atoms with Crippen molar-refractivity contribution in [1.29, 1.82) is 0 Å². The molecule has 0 bridgehead atoms. The highest BCUT2D eigenvalue weighted by Crippen LogP contribution is 2.07. The smallest absolute Gasteiger partial charge is 0.211 e. The average Bonchev–Trinajstić information content (AvgIpc) is 2.53. The first kappa shape index (κ1) is 9.70. The minimum Gasteiger partial charge on any atom is -0.212 e. The van der Waals surface area contributed by atoms with Gasteiger partial charge in [0, 0.05) is 11.4 Å². The molecule has 1 heterocycles. The lowest BCUT2D eigenvalue weighted by Crippen LogP contribution is -2.24. The summed E-state index contributed by atoms with van der Waals surface area (Å²) in [5, 5.41) is 1.93. The Balaban J connectivity index is 2.47. The van der Waals surface area contributed by atoms with Gasteiger partial charge in [0.05, 0.1) is 5.75 Å². The molecule has 12 heavy (non-hydrogen) atoms. The van der Waals surface area contributed by atoms with Gasteiger partial charge in [0.15, 0.2) is 0 Å². The van der Waals surface area contributed by atoms with E-state index in [-0.39, 0.29) is 5.75 Å². The Kier molecular flexibility index (Phi) is 3.25. The number of rotatable bonds is 4. The van der Waals surface area contributed by atoms with Crippen LogP contribution in [0.25, 0.3) is 0 Å². The van der Waals surface area contributed by atoms with Crippen molar-refractivity contribution in [3.63, 3.8) is 0 Å². The maximum Gasteiger partial charge on any atom is 0.211 e. The Morgan fingerprint density at radius 1 is 1.58 bits per heavy atom. The second-order valence-electron chi connectivity index (χ2n) is 2.30. The van der Waals surface area contributed by atoms with Crippen LogP contribution in [0.15, 0.2) is 17.5 Å². The van der Waals surface area contributed by atoms with Crippen molar-refractivity contribution in [2.75, 3.05) is 5.75 Å². The van der Waals surface area contributed by atoms with E-state index in [1.807, 2.05) is 17.5 Å². The van der Waals surface area contributed by atoms with Gasteiger partial charge in [0.25, 0.3) is 0 Å². The van der Waals surface area contributed by atoms with Crippen molar-refractivity contribution in [2.24, 2.45) is 0 Å². The van der Waals surface area contributed by atoms with Gasteiger partial charge in [0.2, 0.25) is 10.0 Å². The molecule has 0 amide bonds. The Morgan fingerprint density at radius 3 is 2.83 bits per heavy atom. The van der Waals surface area contributed by atoms with Gasteiger partial charge >= 0.3 is 0 Å². The van der Waals surface area contributed by atoms with E-state index in [9.17, 15) is 8.42 Å². The molecule has 1 N–H and O–H groups in total. The van der Waals surface area contributed by atoms with Crippen LogP contribution in [0.1, 0.15) is 11.8 Å². The number of thiophene rings is 1. The third-order valence-electron chi connectivity index (χ3n) is 1.43. The van der Waals surface area contributed by atoms with E-state index in [4.69, 9.17) is 0 Å². The van der Waals surface area contributed by atoms with Gasteiger partial charge in [-0.2, -0.15) is 0 Å². The van der Waals surface area contributed by atoms with Crippen LogP contribution in [0.3, 0.4) is 0 Å². The highest BCUT2D eigenvalue weighted by molar-refractivity contribution is 7.89. The number of hydrogen-bond acceptors (Lipinski definition) is 3. The van der Waals surface area contributed by atoms with Gasteiger partial charge in [-0.1, -0.05) is 6.07 Å². The van der Waals surface area contributed by atoms with Crippen LogP contribution in [-0.4, -0.2) is 14.2 Å². The molecule has 0 aliphatic heterocycles. The molecule has 5 heteroatoms. The third-order valence-corrected chi connectivity index (χ3v) is 3.65. The quantitative estimate of drug-likeness (QED) is 0.802. The standard InChI is InChI=1S/C7H11NO2S2/c1-2-12(9,10)8-6-7-4-3-5-11-7/h3-5,8H,2,6H2,1H3. The van der Waals surface area contributed by atoms with Crippen LogP contribution in [0, 0.1) is 0 Å². The largest absolute Gasteiger partial charge is 0.212 e. The summed E-state index contributed by atoms with van der Waals surface area (Å²) in [6.07, 6.45) is 0. The van der Waals surface area contributed by atoms with Crippen LogP contribution in [-0.2, 0) is 16.6 Å². The van der Waals surface area contributed by atoms with Crippen LogP contribution >= 0.6 is 11.3 Å². The highest BCUT2D eigenvalue weighted by Gasteiger charge is 2.05. The minimum absolute atomic E-state index is 0.137. The average molecular weight is 205 g/mol.